The second-order valence-corrected chi connectivity index (χ2v) is 6.46. The maximum atomic E-state index is 12.4. The summed E-state index contributed by atoms with van der Waals surface area (Å²) in [6, 6.07) is 10.0. The lowest BCUT2D eigenvalue weighted by Crippen LogP contribution is -2.36. The smallest absolute Gasteiger partial charge is 0.164 e. The van der Waals surface area contributed by atoms with Gasteiger partial charge in [0.2, 0.25) is 0 Å². The molecule has 2 rings (SSSR count). The number of hydrogen-bond acceptors (Lipinski definition) is 2. The van der Waals surface area contributed by atoms with E-state index >= 15 is 0 Å². The van der Waals surface area contributed by atoms with Gasteiger partial charge in [-0.05, 0) is 24.3 Å². The van der Waals surface area contributed by atoms with E-state index in [1.54, 1.807) is 0 Å². The quantitative estimate of drug-likeness (QED) is 0.769. The van der Waals surface area contributed by atoms with Crippen molar-refractivity contribution in [2.75, 3.05) is 6.61 Å². The molecule has 0 aliphatic heterocycles. The van der Waals surface area contributed by atoms with Crippen molar-refractivity contribution in [2.24, 2.45) is 11.3 Å². The van der Waals surface area contributed by atoms with Gasteiger partial charge >= 0.3 is 0 Å². The largest absolute Gasteiger partial charge is 0.369 e. The standard InChI is InChI=1S/C18H26O2/c1-18(2,16-11-7-4-8-12-16)17(19)14-20-13-15-9-5-3-6-10-15/h3,5-6,9-10,16H,4,7-8,11-14H2,1-2H3. The minimum Gasteiger partial charge on any atom is -0.369 e. The molecule has 0 atom stereocenters. The van der Waals surface area contributed by atoms with Gasteiger partial charge in [0, 0.05) is 5.41 Å². The van der Waals surface area contributed by atoms with Crippen LogP contribution in [0.1, 0.15) is 51.5 Å². The van der Waals surface area contributed by atoms with Crippen LogP contribution in [0.15, 0.2) is 30.3 Å². The summed E-state index contributed by atoms with van der Waals surface area (Å²) in [6.07, 6.45) is 6.25. The Morgan fingerprint density at radius 1 is 1.15 bits per heavy atom. The summed E-state index contributed by atoms with van der Waals surface area (Å²) >= 11 is 0. The van der Waals surface area contributed by atoms with Gasteiger partial charge in [-0.2, -0.15) is 0 Å². The average molecular weight is 274 g/mol. The summed E-state index contributed by atoms with van der Waals surface area (Å²) in [5.74, 6) is 0.782. The first kappa shape index (κ1) is 15.2. The zero-order valence-corrected chi connectivity index (χ0v) is 12.7. The number of hydrogen-bond donors (Lipinski definition) is 0. The Kier molecular flexibility index (Phi) is 5.36. The van der Waals surface area contributed by atoms with Gasteiger partial charge in [-0.1, -0.05) is 63.4 Å². The van der Waals surface area contributed by atoms with Crippen LogP contribution in [0.5, 0.6) is 0 Å². The summed E-state index contributed by atoms with van der Waals surface area (Å²) in [7, 11) is 0. The summed E-state index contributed by atoms with van der Waals surface area (Å²) in [4.78, 5) is 12.4. The van der Waals surface area contributed by atoms with Gasteiger partial charge in [0.1, 0.15) is 6.61 Å². The second-order valence-electron chi connectivity index (χ2n) is 6.46. The highest BCUT2D eigenvalue weighted by atomic mass is 16.5. The van der Waals surface area contributed by atoms with Crippen LogP contribution >= 0.6 is 0 Å². The molecule has 1 aromatic carbocycles. The molecule has 2 heteroatoms. The fourth-order valence-electron chi connectivity index (χ4n) is 3.07. The Labute approximate surface area is 122 Å². The highest BCUT2D eigenvalue weighted by Gasteiger charge is 2.36. The molecule has 0 amide bonds. The molecule has 0 spiro atoms. The van der Waals surface area contributed by atoms with Crippen LogP contribution in [0, 0.1) is 11.3 Å². The zero-order valence-electron chi connectivity index (χ0n) is 12.7. The molecular weight excluding hydrogens is 248 g/mol. The van der Waals surface area contributed by atoms with Crippen LogP contribution in [-0.2, 0) is 16.1 Å². The van der Waals surface area contributed by atoms with Gasteiger partial charge in [0.25, 0.3) is 0 Å². The van der Waals surface area contributed by atoms with E-state index in [0.717, 1.165) is 5.56 Å². The van der Waals surface area contributed by atoms with Gasteiger partial charge < -0.3 is 4.74 Å². The van der Waals surface area contributed by atoms with E-state index in [0.29, 0.717) is 12.5 Å². The van der Waals surface area contributed by atoms with Crippen LogP contribution < -0.4 is 0 Å². The van der Waals surface area contributed by atoms with Gasteiger partial charge in [-0.15, -0.1) is 0 Å². The third kappa shape index (κ3) is 3.92. The molecule has 1 aromatic rings. The van der Waals surface area contributed by atoms with Crippen molar-refractivity contribution < 1.29 is 9.53 Å². The van der Waals surface area contributed by atoms with E-state index in [4.69, 9.17) is 4.74 Å². The molecule has 0 bridgehead atoms. The predicted molar refractivity (Wildman–Crippen MR) is 81.5 cm³/mol. The van der Waals surface area contributed by atoms with Gasteiger partial charge in [-0.3, -0.25) is 4.79 Å². The number of carbonyl (C=O) groups excluding carboxylic acids is 1. The molecule has 1 aliphatic carbocycles. The SMILES string of the molecule is CC(C)(C(=O)COCc1ccccc1)C1CCCCC1. The number of Topliss-reactive ketones (excluding diaryl/α,β-unsaturated/α-hetero) is 1. The summed E-state index contributed by atoms with van der Waals surface area (Å²) < 4.78 is 5.61. The Balaban J connectivity index is 1.81. The number of carbonyl (C=O) groups is 1. The van der Waals surface area contributed by atoms with Crippen molar-refractivity contribution in [3.8, 4) is 0 Å². The third-order valence-corrected chi connectivity index (χ3v) is 4.69. The van der Waals surface area contributed by atoms with Crippen molar-refractivity contribution in [3.05, 3.63) is 35.9 Å². The normalized spacial score (nSPS) is 17.1. The maximum Gasteiger partial charge on any atom is 0.164 e. The van der Waals surface area contributed by atoms with Crippen LogP contribution in [0.25, 0.3) is 0 Å². The number of rotatable bonds is 6. The lowest BCUT2D eigenvalue weighted by atomic mass is 9.69. The van der Waals surface area contributed by atoms with Crippen LogP contribution in [0.3, 0.4) is 0 Å². The van der Waals surface area contributed by atoms with Gasteiger partial charge in [0.05, 0.1) is 6.61 Å². The molecule has 20 heavy (non-hydrogen) atoms. The molecule has 110 valence electrons. The first-order chi connectivity index (χ1) is 9.60. The van der Waals surface area contributed by atoms with Crippen molar-refractivity contribution >= 4 is 5.78 Å². The van der Waals surface area contributed by atoms with E-state index in [1.807, 2.05) is 30.3 Å². The molecule has 0 aromatic heterocycles. The van der Waals surface area contributed by atoms with Crippen molar-refractivity contribution in [1.29, 1.82) is 0 Å². The minimum absolute atomic E-state index is 0.235. The summed E-state index contributed by atoms with van der Waals surface area (Å²) in [5, 5.41) is 0. The average Bonchev–Trinajstić information content (AvgIpc) is 2.49. The Hall–Kier alpha value is -1.15. The van der Waals surface area contributed by atoms with Gasteiger partial charge in [0.15, 0.2) is 5.78 Å². The van der Waals surface area contributed by atoms with Crippen LogP contribution in [0.2, 0.25) is 0 Å². The highest BCUT2D eigenvalue weighted by molar-refractivity contribution is 5.85. The number of benzene rings is 1. The lowest BCUT2D eigenvalue weighted by Gasteiger charge is -2.35. The second kappa shape index (κ2) is 7.03. The zero-order chi connectivity index (χ0) is 14.4. The maximum absolute atomic E-state index is 12.4. The molecule has 0 N–H and O–H groups in total. The van der Waals surface area contributed by atoms with E-state index in [1.165, 1.54) is 32.1 Å². The molecule has 1 saturated carbocycles. The van der Waals surface area contributed by atoms with E-state index in [9.17, 15) is 4.79 Å². The lowest BCUT2D eigenvalue weighted by molar-refractivity contribution is -0.135. The minimum atomic E-state index is -0.239. The Bertz CT molecular complexity index is 416. The molecule has 0 saturated heterocycles. The molecule has 0 radical (unpaired) electrons. The summed E-state index contributed by atoms with van der Waals surface area (Å²) in [5.41, 5.74) is 0.882. The van der Waals surface area contributed by atoms with E-state index in [-0.39, 0.29) is 17.8 Å². The van der Waals surface area contributed by atoms with Crippen molar-refractivity contribution in [1.82, 2.24) is 0 Å². The topological polar surface area (TPSA) is 26.3 Å². The van der Waals surface area contributed by atoms with Crippen molar-refractivity contribution in [3.63, 3.8) is 0 Å². The molecular formula is C18H26O2. The van der Waals surface area contributed by atoms with E-state index in [2.05, 4.69) is 13.8 Å². The molecule has 1 fully saturated rings. The molecule has 1 aliphatic rings. The first-order valence-corrected chi connectivity index (χ1v) is 7.75. The van der Waals surface area contributed by atoms with Crippen LogP contribution in [0.4, 0.5) is 0 Å². The summed E-state index contributed by atoms with van der Waals surface area (Å²) in [6.45, 7) is 4.94. The fourth-order valence-corrected chi connectivity index (χ4v) is 3.07. The van der Waals surface area contributed by atoms with E-state index < -0.39 is 0 Å². The third-order valence-electron chi connectivity index (χ3n) is 4.69. The Morgan fingerprint density at radius 2 is 1.80 bits per heavy atom. The molecule has 0 heterocycles. The molecule has 0 unspecified atom stereocenters. The number of ketones is 1. The highest BCUT2D eigenvalue weighted by Crippen LogP contribution is 2.38. The first-order valence-electron chi connectivity index (χ1n) is 7.75. The van der Waals surface area contributed by atoms with Gasteiger partial charge in [-0.25, -0.2) is 0 Å². The predicted octanol–water partition coefficient (Wildman–Crippen LogP) is 4.38. The van der Waals surface area contributed by atoms with Crippen molar-refractivity contribution in [2.45, 2.75) is 52.6 Å². The fraction of sp³-hybridized carbons (Fsp3) is 0.611. The molecule has 2 nitrogen and oxygen atoms in total. The van der Waals surface area contributed by atoms with Crippen LogP contribution in [-0.4, -0.2) is 12.4 Å². The number of ether oxygens (including phenoxy) is 1. The Morgan fingerprint density at radius 3 is 2.45 bits per heavy atom. The monoisotopic (exact) mass is 274 g/mol.